The molecule has 1 fully saturated rings. The first-order valence-electron chi connectivity index (χ1n) is 7.62. The van der Waals surface area contributed by atoms with Gasteiger partial charge in [0.15, 0.2) is 0 Å². The van der Waals surface area contributed by atoms with E-state index in [0.29, 0.717) is 4.91 Å². The molecule has 2 aromatic carbocycles. The average Bonchev–Trinajstić information content (AvgIpc) is 2.84. The number of hydrogen-bond acceptors (Lipinski definition) is 4. The summed E-state index contributed by atoms with van der Waals surface area (Å²) in [5, 5.41) is -0.246. The average molecular weight is 418 g/mol. The van der Waals surface area contributed by atoms with Crippen LogP contribution in [0, 0.1) is 6.92 Å². The summed E-state index contributed by atoms with van der Waals surface area (Å²) in [5.74, 6) is 0.534. The molecule has 6 heteroatoms. The van der Waals surface area contributed by atoms with E-state index < -0.39 is 0 Å². The van der Waals surface area contributed by atoms with Crippen LogP contribution in [0.3, 0.4) is 0 Å². The van der Waals surface area contributed by atoms with Gasteiger partial charge in [0, 0.05) is 4.47 Å². The van der Waals surface area contributed by atoms with Gasteiger partial charge in [0.05, 0.1) is 18.6 Å². The fourth-order valence-corrected chi connectivity index (χ4v) is 3.65. The highest BCUT2D eigenvalue weighted by Gasteiger charge is 2.34. The number of amides is 2. The zero-order valence-corrected chi connectivity index (χ0v) is 16.2. The maximum Gasteiger partial charge on any atom is 0.293 e. The van der Waals surface area contributed by atoms with Gasteiger partial charge in [-0.1, -0.05) is 34.1 Å². The smallest absolute Gasteiger partial charge is 0.293 e. The molecule has 4 nitrogen and oxygen atoms in total. The molecule has 0 aliphatic carbocycles. The third-order valence-corrected chi connectivity index (χ3v) is 5.28. The molecular formula is C19H16BrNO3S. The molecule has 1 aliphatic rings. The Labute approximate surface area is 159 Å². The molecule has 0 radical (unpaired) electrons. The Bertz CT molecular complexity index is 861. The number of hydrogen-bond donors (Lipinski definition) is 0. The summed E-state index contributed by atoms with van der Waals surface area (Å²) in [6.45, 7) is 2.21. The van der Waals surface area contributed by atoms with Crippen molar-refractivity contribution in [1.29, 1.82) is 0 Å². The largest absolute Gasteiger partial charge is 0.496 e. The van der Waals surface area contributed by atoms with Crippen molar-refractivity contribution in [2.75, 3.05) is 7.11 Å². The Hall–Kier alpha value is -2.05. The number of ether oxygens (including phenoxy) is 1. The van der Waals surface area contributed by atoms with Gasteiger partial charge < -0.3 is 4.74 Å². The van der Waals surface area contributed by atoms with Gasteiger partial charge in [-0.05, 0) is 65.7 Å². The van der Waals surface area contributed by atoms with Crippen LogP contribution < -0.4 is 4.74 Å². The Kier molecular flexibility index (Phi) is 5.30. The van der Waals surface area contributed by atoms with Gasteiger partial charge in [-0.2, -0.15) is 0 Å². The van der Waals surface area contributed by atoms with E-state index in [4.69, 9.17) is 4.74 Å². The highest BCUT2D eigenvalue weighted by molar-refractivity contribution is 9.10. The number of methoxy groups -OCH3 is 1. The van der Waals surface area contributed by atoms with E-state index in [1.54, 1.807) is 13.2 Å². The first-order chi connectivity index (χ1) is 12.0. The van der Waals surface area contributed by atoms with Crippen molar-refractivity contribution in [3.05, 3.63) is 68.5 Å². The van der Waals surface area contributed by atoms with Gasteiger partial charge in [0.25, 0.3) is 11.1 Å². The molecule has 3 rings (SSSR count). The maximum atomic E-state index is 12.6. The highest BCUT2D eigenvalue weighted by atomic mass is 79.9. The standard InChI is InChI=1S/C19H16BrNO3S/c1-12-9-14(5-8-16(12)24-2)10-17-18(22)21(19(23)25-17)11-13-3-6-15(20)7-4-13/h3-10H,11H2,1-2H3/b17-10-. The third kappa shape index (κ3) is 3.96. The molecule has 25 heavy (non-hydrogen) atoms. The number of aryl methyl sites for hydroxylation is 1. The fourth-order valence-electron chi connectivity index (χ4n) is 2.55. The van der Waals surface area contributed by atoms with Crippen LogP contribution in [-0.2, 0) is 11.3 Å². The number of imide groups is 1. The van der Waals surface area contributed by atoms with E-state index in [1.807, 2.05) is 49.4 Å². The number of benzene rings is 2. The summed E-state index contributed by atoms with van der Waals surface area (Å²) in [6, 6.07) is 13.2. The number of carbonyl (C=O) groups excluding carboxylic acids is 2. The Morgan fingerprint density at radius 1 is 1.16 bits per heavy atom. The molecule has 0 spiro atoms. The van der Waals surface area contributed by atoms with Crippen molar-refractivity contribution in [1.82, 2.24) is 4.90 Å². The van der Waals surface area contributed by atoms with Gasteiger partial charge in [-0.25, -0.2) is 0 Å². The van der Waals surface area contributed by atoms with Crippen molar-refractivity contribution in [3.8, 4) is 5.75 Å². The van der Waals surface area contributed by atoms with E-state index in [2.05, 4.69) is 15.9 Å². The lowest BCUT2D eigenvalue weighted by molar-refractivity contribution is -0.123. The van der Waals surface area contributed by atoms with Crippen molar-refractivity contribution < 1.29 is 14.3 Å². The lowest BCUT2D eigenvalue weighted by Gasteiger charge is -2.12. The molecule has 1 saturated heterocycles. The molecule has 0 aromatic heterocycles. The quantitative estimate of drug-likeness (QED) is 0.656. The Morgan fingerprint density at radius 2 is 1.88 bits per heavy atom. The van der Waals surface area contributed by atoms with Crippen LogP contribution in [-0.4, -0.2) is 23.2 Å². The minimum atomic E-state index is -0.258. The summed E-state index contributed by atoms with van der Waals surface area (Å²) in [7, 11) is 1.62. The van der Waals surface area contributed by atoms with Gasteiger partial charge in [-0.3, -0.25) is 14.5 Å². The van der Waals surface area contributed by atoms with Gasteiger partial charge in [-0.15, -0.1) is 0 Å². The van der Waals surface area contributed by atoms with Crippen LogP contribution in [0.15, 0.2) is 51.8 Å². The van der Waals surface area contributed by atoms with Crippen molar-refractivity contribution in [2.45, 2.75) is 13.5 Å². The molecule has 0 N–H and O–H groups in total. The van der Waals surface area contributed by atoms with E-state index in [0.717, 1.165) is 38.7 Å². The Balaban J connectivity index is 1.80. The molecule has 1 heterocycles. The second-order valence-corrected chi connectivity index (χ2v) is 7.53. The lowest BCUT2D eigenvalue weighted by atomic mass is 10.1. The van der Waals surface area contributed by atoms with Crippen LogP contribution in [0.5, 0.6) is 5.75 Å². The first kappa shape index (κ1) is 17.8. The zero-order valence-electron chi connectivity index (χ0n) is 13.8. The number of nitrogens with zero attached hydrogens (tertiary/aromatic N) is 1. The van der Waals surface area contributed by atoms with Crippen molar-refractivity contribution in [3.63, 3.8) is 0 Å². The van der Waals surface area contributed by atoms with Crippen LogP contribution >= 0.6 is 27.7 Å². The monoisotopic (exact) mass is 417 g/mol. The predicted molar refractivity (Wildman–Crippen MR) is 103 cm³/mol. The lowest BCUT2D eigenvalue weighted by Crippen LogP contribution is -2.27. The zero-order chi connectivity index (χ0) is 18.0. The molecule has 0 atom stereocenters. The molecule has 2 amide bonds. The summed E-state index contributed by atoms with van der Waals surface area (Å²) >= 11 is 4.35. The minimum absolute atomic E-state index is 0.246. The Morgan fingerprint density at radius 3 is 2.52 bits per heavy atom. The van der Waals surface area contributed by atoms with Gasteiger partial charge in [0.2, 0.25) is 0 Å². The summed E-state index contributed by atoms with van der Waals surface area (Å²) in [5.41, 5.74) is 2.75. The molecule has 0 saturated carbocycles. The fraction of sp³-hybridized carbons (Fsp3) is 0.158. The van der Waals surface area contributed by atoms with E-state index in [1.165, 1.54) is 4.90 Å². The molecule has 128 valence electrons. The molecule has 2 aromatic rings. The second kappa shape index (κ2) is 7.45. The van der Waals surface area contributed by atoms with Crippen LogP contribution in [0.25, 0.3) is 6.08 Å². The van der Waals surface area contributed by atoms with Gasteiger partial charge in [0.1, 0.15) is 5.75 Å². The van der Waals surface area contributed by atoms with E-state index >= 15 is 0 Å². The molecule has 1 aliphatic heterocycles. The molecular weight excluding hydrogens is 402 g/mol. The number of halogens is 1. The highest BCUT2D eigenvalue weighted by Crippen LogP contribution is 2.34. The van der Waals surface area contributed by atoms with Crippen LogP contribution in [0.4, 0.5) is 4.79 Å². The van der Waals surface area contributed by atoms with Crippen LogP contribution in [0.2, 0.25) is 0 Å². The summed E-state index contributed by atoms with van der Waals surface area (Å²) in [4.78, 5) is 26.5. The number of thioether (sulfide) groups is 1. The number of rotatable bonds is 4. The topological polar surface area (TPSA) is 46.6 Å². The van der Waals surface area contributed by atoms with E-state index in [-0.39, 0.29) is 17.7 Å². The maximum absolute atomic E-state index is 12.6. The van der Waals surface area contributed by atoms with E-state index in [9.17, 15) is 9.59 Å². The van der Waals surface area contributed by atoms with Crippen molar-refractivity contribution >= 4 is 44.9 Å². The molecule has 0 bridgehead atoms. The van der Waals surface area contributed by atoms with Gasteiger partial charge >= 0.3 is 0 Å². The summed E-state index contributed by atoms with van der Waals surface area (Å²) in [6.07, 6.45) is 1.75. The SMILES string of the molecule is COc1ccc(/C=C2\SC(=O)N(Cc3ccc(Br)cc3)C2=O)cc1C. The second-order valence-electron chi connectivity index (χ2n) is 5.62. The van der Waals surface area contributed by atoms with Crippen LogP contribution in [0.1, 0.15) is 16.7 Å². The first-order valence-corrected chi connectivity index (χ1v) is 9.23. The predicted octanol–water partition coefficient (Wildman–Crippen LogP) is 5.00. The third-order valence-electron chi connectivity index (χ3n) is 3.84. The normalized spacial score (nSPS) is 16.0. The van der Waals surface area contributed by atoms with Crippen molar-refractivity contribution in [2.24, 2.45) is 0 Å². The molecule has 0 unspecified atom stereocenters. The minimum Gasteiger partial charge on any atom is -0.496 e. The summed E-state index contributed by atoms with van der Waals surface area (Å²) < 4.78 is 6.20. The number of carbonyl (C=O) groups is 2.